The van der Waals surface area contributed by atoms with Crippen LogP contribution in [0.5, 0.6) is 0 Å². The predicted octanol–water partition coefficient (Wildman–Crippen LogP) is 3.53. The number of nitrogens with one attached hydrogen (secondary N) is 1. The first-order valence-electron chi connectivity index (χ1n) is 6.27. The normalized spacial score (nSPS) is 14.5. The van der Waals surface area contributed by atoms with Gasteiger partial charge in [0.15, 0.2) is 0 Å². The standard InChI is InChI=1S/C14H21BrFNO/c1-4-6-13(18-3)12(17-2)9-10-7-5-8-11(16)14(10)15/h5,7-8,12-13,17H,4,6,9H2,1-3H3. The lowest BCUT2D eigenvalue weighted by Gasteiger charge is -2.26. The molecule has 0 aliphatic rings. The second-order valence-electron chi connectivity index (χ2n) is 4.38. The van der Waals surface area contributed by atoms with Crippen LogP contribution in [0.25, 0.3) is 0 Å². The van der Waals surface area contributed by atoms with E-state index in [1.54, 1.807) is 13.2 Å². The van der Waals surface area contributed by atoms with Gasteiger partial charge in [0.25, 0.3) is 0 Å². The molecule has 0 radical (unpaired) electrons. The third kappa shape index (κ3) is 4.04. The molecule has 2 unspecified atom stereocenters. The third-order valence-electron chi connectivity index (χ3n) is 3.17. The Morgan fingerprint density at radius 1 is 1.44 bits per heavy atom. The Kier molecular flexibility index (Phi) is 6.82. The number of methoxy groups -OCH3 is 1. The van der Waals surface area contributed by atoms with Crippen molar-refractivity contribution in [3.63, 3.8) is 0 Å². The molecule has 0 saturated heterocycles. The molecule has 0 aromatic heterocycles. The number of benzene rings is 1. The Hall–Kier alpha value is -0.450. The molecule has 18 heavy (non-hydrogen) atoms. The number of hydrogen-bond donors (Lipinski definition) is 1. The van der Waals surface area contributed by atoms with Gasteiger partial charge in [0.05, 0.1) is 10.6 Å². The Morgan fingerprint density at radius 2 is 2.17 bits per heavy atom. The van der Waals surface area contributed by atoms with Gasteiger partial charge in [0.1, 0.15) is 5.82 Å². The van der Waals surface area contributed by atoms with Gasteiger partial charge in [-0.05, 0) is 47.4 Å². The van der Waals surface area contributed by atoms with Crippen LogP contribution in [0.15, 0.2) is 22.7 Å². The summed E-state index contributed by atoms with van der Waals surface area (Å²) in [4.78, 5) is 0. The van der Waals surface area contributed by atoms with E-state index < -0.39 is 0 Å². The monoisotopic (exact) mass is 317 g/mol. The van der Waals surface area contributed by atoms with E-state index in [9.17, 15) is 4.39 Å². The minimum absolute atomic E-state index is 0.148. The van der Waals surface area contributed by atoms with Gasteiger partial charge in [-0.3, -0.25) is 0 Å². The van der Waals surface area contributed by atoms with Crippen LogP contribution >= 0.6 is 15.9 Å². The number of likely N-dealkylation sites (N-methyl/N-ethyl adjacent to an activating group) is 1. The summed E-state index contributed by atoms with van der Waals surface area (Å²) in [5.74, 6) is -0.216. The SMILES string of the molecule is CCCC(OC)C(Cc1cccc(F)c1Br)NC. The van der Waals surface area contributed by atoms with Crippen LogP contribution in [-0.2, 0) is 11.2 Å². The molecular formula is C14H21BrFNO. The molecule has 4 heteroatoms. The highest BCUT2D eigenvalue weighted by molar-refractivity contribution is 9.10. The fourth-order valence-electron chi connectivity index (χ4n) is 2.13. The highest BCUT2D eigenvalue weighted by Gasteiger charge is 2.20. The average Bonchev–Trinajstić information content (AvgIpc) is 2.38. The molecule has 2 nitrogen and oxygen atoms in total. The third-order valence-corrected chi connectivity index (χ3v) is 4.05. The van der Waals surface area contributed by atoms with E-state index in [1.165, 1.54) is 6.07 Å². The van der Waals surface area contributed by atoms with Gasteiger partial charge < -0.3 is 10.1 Å². The van der Waals surface area contributed by atoms with Crippen LogP contribution in [0.1, 0.15) is 25.3 Å². The summed E-state index contributed by atoms with van der Waals surface area (Å²) in [6.45, 7) is 2.14. The van der Waals surface area contributed by atoms with Crippen molar-refractivity contribution in [3.8, 4) is 0 Å². The Bertz CT molecular complexity index is 373. The lowest BCUT2D eigenvalue weighted by molar-refractivity contribution is 0.0632. The van der Waals surface area contributed by atoms with Gasteiger partial charge >= 0.3 is 0 Å². The van der Waals surface area contributed by atoms with Crippen LogP contribution in [0, 0.1) is 5.82 Å². The van der Waals surface area contributed by atoms with Crippen molar-refractivity contribution in [2.24, 2.45) is 0 Å². The maximum atomic E-state index is 13.5. The zero-order valence-corrected chi connectivity index (χ0v) is 12.8. The van der Waals surface area contributed by atoms with Gasteiger partial charge in [-0.25, -0.2) is 4.39 Å². The second-order valence-corrected chi connectivity index (χ2v) is 5.17. The van der Waals surface area contributed by atoms with Crippen LogP contribution in [-0.4, -0.2) is 26.3 Å². The molecule has 0 bridgehead atoms. The van der Waals surface area contributed by atoms with Gasteiger partial charge in [0, 0.05) is 13.2 Å². The first kappa shape index (κ1) is 15.6. The first-order chi connectivity index (χ1) is 8.63. The molecule has 1 rings (SSSR count). The molecule has 102 valence electrons. The summed E-state index contributed by atoms with van der Waals surface area (Å²) in [5.41, 5.74) is 0.965. The van der Waals surface area contributed by atoms with Gasteiger partial charge in [0.2, 0.25) is 0 Å². The smallest absolute Gasteiger partial charge is 0.137 e. The summed E-state index contributed by atoms with van der Waals surface area (Å²) in [7, 11) is 3.64. The molecule has 0 aliphatic heterocycles. The van der Waals surface area contributed by atoms with Gasteiger partial charge in [-0.15, -0.1) is 0 Å². The van der Waals surface area contributed by atoms with Crippen molar-refractivity contribution in [2.45, 2.75) is 38.3 Å². The molecule has 0 amide bonds. The second kappa shape index (κ2) is 7.87. The van der Waals surface area contributed by atoms with Crippen molar-refractivity contribution in [1.29, 1.82) is 0 Å². The highest BCUT2D eigenvalue weighted by Crippen LogP contribution is 2.23. The van der Waals surface area contributed by atoms with E-state index in [-0.39, 0.29) is 18.0 Å². The van der Waals surface area contributed by atoms with Crippen LogP contribution < -0.4 is 5.32 Å². The fourth-order valence-corrected chi connectivity index (χ4v) is 2.56. The topological polar surface area (TPSA) is 21.3 Å². The molecule has 0 aliphatic carbocycles. The number of rotatable bonds is 7. The Morgan fingerprint density at radius 3 is 2.72 bits per heavy atom. The maximum absolute atomic E-state index is 13.5. The van der Waals surface area contributed by atoms with Crippen LogP contribution in [0.4, 0.5) is 4.39 Å². The summed E-state index contributed by atoms with van der Waals surface area (Å²) in [5, 5.41) is 3.26. The summed E-state index contributed by atoms with van der Waals surface area (Å²) in [6.07, 6.45) is 2.96. The minimum Gasteiger partial charge on any atom is -0.380 e. The molecule has 1 aromatic carbocycles. The summed E-state index contributed by atoms with van der Waals surface area (Å²) >= 11 is 3.30. The van der Waals surface area contributed by atoms with E-state index in [2.05, 4.69) is 28.2 Å². The maximum Gasteiger partial charge on any atom is 0.137 e. The van der Waals surface area contributed by atoms with Gasteiger partial charge in [-0.2, -0.15) is 0 Å². The van der Waals surface area contributed by atoms with E-state index in [0.717, 1.165) is 24.8 Å². The van der Waals surface area contributed by atoms with Crippen molar-refractivity contribution in [3.05, 3.63) is 34.1 Å². The molecular weight excluding hydrogens is 297 g/mol. The lowest BCUT2D eigenvalue weighted by atomic mass is 9.98. The predicted molar refractivity (Wildman–Crippen MR) is 76.4 cm³/mol. The van der Waals surface area contributed by atoms with E-state index in [0.29, 0.717) is 4.47 Å². The zero-order valence-electron chi connectivity index (χ0n) is 11.2. The lowest BCUT2D eigenvalue weighted by Crippen LogP contribution is -2.40. The summed E-state index contributed by atoms with van der Waals surface area (Å²) in [6, 6.07) is 5.33. The summed E-state index contributed by atoms with van der Waals surface area (Å²) < 4.78 is 19.5. The number of ether oxygens (including phenoxy) is 1. The van der Waals surface area contributed by atoms with Crippen molar-refractivity contribution >= 4 is 15.9 Å². The van der Waals surface area contributed by atoms with Gasteiger partial charge in [-0.1, -0.05) is 25.5 Å². The van der Waals surface area contributed by atoms with Crippen LogP contribution in [0.2, 0.25) is 0 Å². The zero-order chi connectivity index (χ0) is 13.5. The van der Waals surface area contributed by atoms with E-state index in [4.69, 9.17) is 4.74 Å². The minimum atomic E-state index is -0.216. The van der Waals surface area contributed by atoms with E-state index in [1.807, 2.05) is 13.1 Å². The molecule has 0 saturated carbocycles. The van der Waals surface area contributed by atoms with Crippen molar-refractivity contribution in [2.75, 3.05) is 14.2 Å². The van der Waals surface area contributed by atoms with Crippen molar-refractivity contribution in [1.82, 2.24) is 5.32 Å². The Labute approximate surface area is 117 Å². The molecule has 0 fully saturated rings. The quantitative estimate of drug-likeness (QED) is 0.830. The molecule has 1 aromatic rings. The first-order valence-corrected chi connectivity index (χ1v) is 7.06. The molecule has 0 heterocycles. The van der Waals surface area contributed by atoms with E-state index >= 15 is 0 Å². The van der Waals surface area contributed by atoms with Crippen molar-refractivity contribution < 1.29 is 9.13 Å². The molecule has 2 atom stereocenters. The fraction of sp³-hybridized carbons (Fsp3) is 0.571. The Balaban J connectivity index is 2.81. The number of hydrogen-bond acceptors (Lipinski definition) is 2. The van der Waals surface area contributed by atoms with Crippen LogP contribution in [0.3, 0.4) is 0 Å². The molecule has 0 spiro atoms. The largest absolute Gasteiger partial charge is 0.380 e. The molecule has 1 N–H and O–H groups in total. The highest BCUT2D eigenvalue weighted by atomic mass is 79.9. The number of halogens is 2. The average molecular weight is 318 g/mol.